The molecular formula is C27H25F3. The minimum absolute atomic E-state index is 0.0943. The van der Waals surface area contributed by atoms with Gasteiger partial charge in [-0.2, -0.15) is 0 Å². The maximum Gasteiger partial charge on any atom is 0.166 e. The van der Waals surface area contributed by atoms with E-state index in [1.807, 2.05) is 25.2 Å². The van der Waals surface area contributed by atoms with Crippen LogP contribution in [0.3, 0.4) is 0 Å². The number of halogens is 3. The maximum absolute atomic E-state index is 14.8. The molecule has 0 heterocycles. The molecule has 0 nitrogen and oxygen atoms in total. The molecule has 3 aromatic carbocycles. The van der Waals surface area contributed by atoms with Gasteiger partial charge in [0.25, 0.3) is 0 Å². The van der Waals surface area contributed by atoms with Gasteiger partial charge in [-0.15, -0.1) is 6.58 Å². The lowest BCUT2D eigenvalue weighted by Crippen LogP contribution is -1.93. The van der Waals surface area contributed by atoms with Crippen molar-refractivity contribution >= 4 is 22.4 Å². The largest absolute Gasteiger partial charge is 0.206 e. The monoisotopic (exact) mass is 406 g/mol. The predicted octanol–water partition coefficient (Wildman–Crippen LogP) is 8.37. The second-order valence-corrected chi connectivity index (χ2v) is 7.23. The van der Waals surface area contributed by atoms with Crippen molar-refractivity contribution in [2.45, 2.75) is 32.6 Å². The van der Waals surface area contributed by atoms with Gasteiger partial charge in [-0.05, 0) is 55.2 Å². The molecule has 0 aliphatic carbocycles. The molecule has 0 aliphatic heterocycles. The minimum atomic E-state index is -0.951. The molecule has 30 heavy (non-hydrogen) atoms. The zero-order valence-corrected chi connectivity index (χ0v) is 17.1. The molecule has 0 unspecified atom stereocenters. The third-order valence-electron chi connectivity index (χ3n) is 5.14. The molecule has 0 atom stereocenters. The quantitative estimate of drug-likeness (QED) is 0.260. The first kappa shape index (κ1) is 21.6. The van der Waals surface area contributed by atoms with Crippen molar-refractivity contribution in [1.82, 2.24) is 0 Å². The Morgan fingerprint density at radius 2 is 1.57 bits per heavy atom. The molecule has 0 fully saturated rings. The summed E-state index contributed by atoms with van der Waals surface area (Å²) < 4.78 is 44.3. The number of rotatable bonds is 8. The van der Waals surface area contributed by atoms with Crippen LogP contribution in [0.4, 0.5) is 13.2 Å². The van der Waals surface area contributed by atoms with Crippen LogP contribution in [0, 0.1) is 5.82 Å². The maximum atomic E-state index is 14.8. The van der Waals surface area contributed by atoms with Crippen LogP contribution in [0.25, 0.3) is 22.4 Å². The van der Waals surface area contributed by atoms with Gasteiger partial charge in [0, 0.05) is 16.5 Å². The Morgan fingerprint density at radius 3 is 2.27 bits per heavy atom. The van der Waals surface area contributed by atoms with Crippen molar-refractivity contribution in [1.29, 1.82) is 0 Å². The first-order valence-corrected chi connectivity index (χ1v) is 10.1. The fourth-order valence-corrected chi connectivity index (χ4v) is 3.41. The summed E-state index contributed by atoms with van der Waals surface area (Å²) in [4.78, 5) is 0. The van der Waals surface area contributed by atoms with E-state index in [9.17, 15) is 13.2 Å². The predicted molar refractivity (Wildman–Crippen MR) is 121 cm³/mol. The second-order valence-electron chi connectivity index (χ2n) is 7.23. The normalized spacial score (nSPS) is 12.4. The summed E-state index contributed by atoms with van der Waals surface area (Å²) in [6.07, 6.45) is 8.74. The van der Waals surface area contributed by atoms with Gasteiger partial charge in [-0.25, -0.2) is 13.2 Å². The minimum Gasteiger partial charge on any atom is -0.206 e. The van der Waals surface area contributed by atoms with E-state index in [2.05, 4.69) is 6.58 Å². The van der Waals surface area contributed by atoms with Gasteiger partial charge < -0.3 is 0 Å². The highest BCUT2D eigenvalue weighted by molar-refractivity contribution is 5.90. The number of hydrogen-bond donors (Lipinski definition) is 0. The van der Waals surface area contributed by atoms with Crippen LogP contribution in [0.15, 0.2) is 79.4 Å². The zero-order chi connectivity index (χ0) is 21.5. The van der Waals surface area contributed by atoms with Crippen molar-refractivity contribution in [3.63, 3.8) is 0 Å². The summed E-state index contributed by atoms with van der Waals surface area (Å²) >= 11 is 0. The van der Waals surface area contributed by atoms with Crippen LogP contribution < -0.4 is 0 Å². The molecule has 154 valence electrons. The zero-order valence-electron chi connectivity index (χ0n) is 17.1. The van der Waals surface area contributed by atoms with Crippen molar-refractivity contribution in [3.05, 3.63) is 107 Å². The van der Waals surface area contributed by atoms with Gasteiger partial charge in [0.15, 0.2) is 11.7 Å². The van der Waals surface area contributed by atoms with Gasteiger partial charge in [-0.3, -0.25) is 0 Å². The van der Waals surface area contributed by atoms with Crippen LogP contribution >= 0.6 is 0 Å². The molecule has 0 spiro atoms. The molecule has 3 heteroatoms. The molecule has 3 rings (SSSR count). The van der Waals surface area contributed by atoms with Crippen LogP contribution in [0.1, 0.15) is 42.0 Å². The first-order chi connectivity index (χ1) is 14.5. The lowest BCUT2D eigenvalue weighted by atomic mass is 9.99. The lowest BCUT2D eigenvalue weighted by molar-refractivity contribution is 0.621. The number of allylic oxidation sites excluding steroid dienone is 3. The average Bonchev–Trinajstić information content (AvgIpc) is 2.78. The Balaban J connectivity index is 1.89. The Labute approximate surface area is 176 Å². The van der Waals surface area contributed by atoms with Gasteiger partial charge in [0.1, 0.15) is 5.82 Å². The molecule has 0 saturated carbocycles. The van der Waals surface area contributed by atoms with E-state index >= 15 is 0 Å². The number of aryl methyl sites for hydroxylation is 2. The third kappa shape index (κ3) is 4.91. The second kappa shape index (κ2) is 10.1. The van der Waals surface area contributed by atoms with Crippen LogP contribution in [0.5, 0.6) is 0 Å². The third-order valence-corrected chi connectivity index (χ3v) is 5.14. The fraction of sp³-hybridized carbons (Fsp3) is 0.185. The molecular weight excluding hydrogens is 381 g/mol. The average molecular weight is 406 g/mol. The van der Waals surface area contributed by atoms with Gasteiger partial charge in [0.2, 0.25) is 0 Å². The summed E-state index contributed by atoms with van der Waals surface area (Å²) in [5.74, 6) is -2.18. The Kier molecular flexibility index (Phi) is 7.29. The van der Waals surface area contributed by atoms with Crippen molar-refractivity contribution < 1.29 is 13.2 Å². The SMILES string of the molecule is C=CCCc1ccc(C(F)=C(F)c2ccc3c(F)c(CC/C=C/C)ccc3c2)cc1. The van der Waals surface area contributed by atoms with Crippen LogP contribution in [0.2, 0.25) is 0 Å². The molecule has 0 radical (unpaired) electrons. The van der Waals surface area contributed by atoms with Crippen LogP contribution in [-0.4, -0.2) is 0 Å². The van der Waals surface area contributed by atoms with Gasteiger partial charge in [0.05, 0.1) is 0 Å². The molecule has 0 bridgehead atoms. The summed E-state index contributed by atoms with van der Waals surface area (Å²) in [6.45, 7) is 5.61. The smallest absolute Gasteiger partial charge is 0.166 e. The van der Waals surface area contributed by atoms with Gasteiger partial charge >= 0.3 is 0 Å². The summed E-state index contributed by atoms with van der Waals surface area (Å²) in [6, 6.07) is 14.6. The van der Waals surface area contributed by atoms with E-state index in [0.717, 1.165) is 24.8 Å². The highest BCUT2D eigenvalue weighted by atomic mass is 19.2. The standard InChI is InChI=1S/C27H25F3/c1-3-5-7-9-20-14-15-22-18-23(16-17-24(22)25(20)28)27(30)26(29)21-12-10-19(11-13-21)8-6-4-2/h3-5,10-18H,2,6-9H2,1H3/b5-3+,27-26?. The van der Waals surface area contributed by atoms with Crippen molar-refractivity contribution in [2.75, 3.05) is 0 Å². The van der Waals surface area contributed by atoms with Crippen LogP contribution in [-0.2, 0) is 12.8 Å². The summed E-state index contributed by atoms with van der Waals surface area (Å²) in [7, 11) is 0. The van der Waals surface area contributed by atoms with E-state index in [0.29, 0.717) is 22.8 Å². The van der Waals surface area contributed by atoms with E-state index < -0.39 is 11.7 Å². The highest BCUT2D eigenvalue weighted by Crippen LogP contribution is 2.32. The number of fused-ring (bicyclic) bond motifs is 1. The van der Waals surface area contributed by atoms with E-state index in [-0.39, 0.29) is 16.9 Å². The lowest BCUT2D eigenvalue weighted by Gasteiger charge is -2.08. The number of hydrogen-bond acceptors (Lipinski definition) is 0. The van der Waals surface area contributed by atoms with E-state index in [4.69, 9.17) is 0 Å². The summed E-state index contributed by atoms with van der Waals surface area (Å²) in [5.41, 5.74) is 1.93. The summed E-state index contributed by atoms with van der Waals surface area (Å²) in [5, 5.41) is 0.957. The topological polar surface area (TPSA) is 0 Å². The molecule has 0 saturated heterocycles. The molecule has 0 aromatic heterocycles. The Morgan fingerprint density at radius 1 is 0.867 bits per heavy atom. The molecule has 0 aliphatic rings. The van der Waals surface area contributed by atoms with E-state index in [1.54, 1.807) is 36.4 Å². The molecule has 0 amide bonds. The van der Waals surface area contributed by atoms with E-state index in [1.165, 1.54) is 18.2 Å². The first-order valence-electron chi connectivity index (χ1n) is 10.1. The molecule has 0 N–H and O–H groups in total. The molecule has 3 aromatic rings. The Bertz CT molecular complexity index is 1090. The Hall–Kier alpha value is -3.07. The fourth-order valence-electron chi connectivity index (χ4n) is 3.41. The highest BCUT2D eigenvalue weighted by Gasteiger charge is 2.14. The van der Waals surface area contributed by atoms with Gasteiger partial charge in [-0.1, -0.05) is 66.8 Å². The number of benzene rings is 3. The van der Waals surface area contributed by atoms with Crippen molar-refractivity contribution in [2.24, 2.45) is 0 Å². The van der Waals surface area contributed by atoms with Crippen molar-refractivity contribution in [3.8, 4) is 0 Å².